The molecule has 2 aromatic heterocycles. The first-order valence-electron chi connectivity index (χ1n) is 5.67. The van der Waals surface area contributed by atoms with Crippen LogP contribution >= 0.6 is 0 Å². The van der Waals surface area contributed by atoms with Gasteiger partial charge in [0.15, 0.2) is 0 Å². The molecule has 0 aromatic carbocycles. The number of rotatable bonds is 4. The molecule has 0 aliphatic rings. The van der Waals surface area contributed by atoms with Crippen LogP contribution in [0.2, 0.25) is 0 Å². The summed E-state index contributed by atoms with van der Waals surface area (Å²) < 4.78 is 43.4. The number of alkyl halides is 3. The van der Waals surface area contributed by atoms with Crippen molar-refractivity contribution in [2.24, 2.45) is 0 Å². The summed E-state index contributed by atoms with van der Waals surface area (Å²) in [5.74, 6) is -1.46. The van der Waals surface area contributed by atoms with Gasteiger partial charge in [-0.1, -0.05) is 6.07 Å². The van der Waals surface area contributed by atoms with Crippen molar-refractivity contribution in [3.63, 3.8) is 0 Å². The maximum Gasteiger partial charge on any atom is 0.454 e. The minimum atomic E-state index is -4.86. The molecule has 4 nitrogen and oxygen atoms in total. The summed E-state index contributed by atoms with van der Waals surface area (Å²) in [7, 11) is 1.46. The predicted molar refractivity (Wildman–Crippen MR) is 64.7 cm³/mol. The first kappa shape index (κ1) is 14.1. The highest BCUT2D eigenvalue weighted by molar-refractivity contribution is 6.00. The van der Waals surface area contributed by atoms with Gasteiger partial charge in [0.2, 0.25) is 5.88 Å². The first-order chi connectivity index (χ1) is 9.41. The fourth-order valence-corrected chi connectivity index (χ4v) is 1.76. The Kier molecular flexibility index (Phi) is 3.78. The predicted octanol–water partition coefficient (Wildman–Crippen LogP) is 2.69. The Bertz CT molecular complexity index is 620. The second kappa shape index (κ2) is 5.36. The van der Waals surface area contributed by atoms with Gasteiger partial charge in [0.1, 0.15) is 0 Å². The van der Waals surface area contributed by atoms with Crippen molar-refractivity contribution in [1.29, 1.82) is 0 Å². The van der Waals surface area contributed by atoms with Crippen LogP contribution in [0.4, 0.5) is 13.2 Å². The van der Waals surface area contributed by atoms with Gasteiger partial charge < -0.3 is 9.30 Å². The molecule has 0 bridgehead atoms. The van der Waals surface area contributed by atoms with Gasteiger partial charge in [-0.3, -0.25) is 4.79 Å². The van der Waals surface area contributed by atoms with Crippen molar-refractivity contribution in [3.8, 4) is 5.88 Å². The van der Waals surface area contributed by atoms with E-state index in [-0.39, 0.29) is 12.1 Å². The molecular weight excluding hydrogens is 273 g/mol. The second-order valence-electron chi connectivity index (χ2n) is 4.07. The Labute approximate surface area is 112 Å². The smallest absolute Gasteiger partial charge is 0.454 e. The zero-order valence-corrected chi connectivity index (χ0v) is 10.5. The third-order valence-corrected chi connectivity index (χ3v) is 2.67. The van der Waals surface area contributed by atoms with Crippen molar-refractivity contribution >= 4 is 5.78 Å². The Balaban J connectivity index is 2.20. The molecule has 0 radical (unpaired) electrons. The van der Waals surface area contributed by atoms with Gasteiger partial charge >= 0.3 is 6.18 Å². The summed E-state index contributed by atoms with van der Waals surface area (Å²) in [6.07, 6.45) is -0.748. The lowest BCUT2D eigenvalue weighted by molar-refractivity contribution is -0.0885. The van der Waals surface area contributed by atoms with E-state index in [4.69, 9.17) is 4.74 Å². The zero-order chi connectivity index (χ0) is 14.8. The van der Waals surface area contributed by atoms with E-state index < -0.39 is 12.0 Å². The molecule has 0 aliphatic carbocycles. The van der Waals surface area contributed by atoms with Crippen LogP contribution in [0.25, 0.3) is 0 Å². The molecule has 0 saturated carbocycles. The lowest BCUT2D eigenvalue weighted by atomic mass is 10.2. The van der Waals surface area contributed by atoms with Gasteiger partial charge in [-0.2, -0.15) is 13.2 Å². The van der Waals surface area contributed by atoms with Crippen molar-refractivity contribution in [2.45, 2.75) is 12.7 Å². The number of pyridine rings is 1. The molecular formula is C13H11F3N2O2. The van der Waals surface area contributed by atoms with E-state index in [1.54, 1.807) is 18.3 Å². The fraction of sp³-hybridized carbons (Fsp3) is 0.231. The van der Waals surface area contributed by atoms with Gasteiger partial charge in [0.05, 0.1) is 13.7 Å². The third-order valence-electron chi connectivity index (χ3n) is 2.67. The van der Waals surface area contributed by atoms with E-state index in [0.717, 1.165) is 12.3 Å². The van der Waals surface area contributed by atoms with Gasteiger partial charge in [-0.05, 0) is 12.1 Å². The van der Waals surface area contributed by atoms with Crippen LogP contribution < -0.4 is 4.74 Å². The monoisotopic (exact) mass is 284 g/mol. The largest absolute Gasteiger partial charge is 0.481 e. The highest BCUT2D eigenvalue weighted by atomic mass is 19.4. The average molecular weight is 284 g/mol. The average Bonchev–Trinajstić information content (AvgIpc) is 2.86. The molecule has 0 amide bonds. The van der Waals surface area contributed by atoms with Crippen LogP contribution in [0.5, 0.6) is 5.88 Å². The molecule has 0 spiro atoms. The number of hydrogen-bond donors (Lipinski definition) is 0. The summed E-state index contributed by atoms with van der Waals surface area (Å²) >= 11 is 0. The quantitative estimate of drug-likeness (QED) is 0.811. The van der Waals surface area contributed by atoms with E-state index in [1.165, 1.54) is 17.9 Å². The van der Waals surface area contributed by atoms with Crippen LogP contribution in [-0.2, 0) is 6.54 Å². The maximum absolute atomic E-state index is 12.3. The van der Waals surface area contributed by atoms with Crippen LogP contribution in [-0.4, -0.2) is 28.6 Å². The van der Waals surface area contributed by atoms with E-state index in [2.05, 4.69) is 4.98 Å². The third kappa shape index (κ3) is 2.98. The lowest BCUT2D eigenvalue weighted by Crippen LogP contribution is -2.22. The molecule has 0 aliphatic heterocycles. The molecule has 0 saturated heterocycles. The van der Waals surface area contributed by atoms with Gasteiger partial charge in [0.25, 0.3) is 5.78 Å². The fourth-order valence-electron chi connectivity index (χ4n) is 1.76. The molecule has 106 valence electrons. The Hall–Kier alpha value is -2.31. The molecule has 0 unspecified atom stereocenters. The number of Topliss-reactive ketones (excluding diaryl/α,β-unsaturated/α-hetero) is 1. The van der Waals surface area contributed by atoms with Gasteiger partial charge in [-0.15, -0.1) is 0 Å². The Morgan fingerprint density at radius 1 is 1.40 bits per heavy atom. The maximum atomic E-state index is 12.3. The molecule has 2 heterocycles. The molecule has 2 aromatic rings. The highest BCUT2D eigenvalue weighted by Crippen LogP contribution is 2.22. The molecule has 7 heteroatoms. The molecule has 0 fully saturated rings. The molecule has 20 heavy (non-hydrogen) atoms. The van der Waals surface area contributed by atoms with Crippen molar-refractivity contribution in [1.82, 2.24) is 9.55 Å². The Morgan fingerprint density at radius 3 is 2.80 bits per heavy atom. The molecule has 0 N–H and O–H groups in total. The summed E-state index contributed by atoms with van der Waals surface area (Å²) in [6, 6.07) is 4.58. The van der Waals surface area contributed by atoms with Crippen molar-refractivity contribution in [3.05, 3.63) is 47.9 Å². The van der Waals surface area contributed by atoms with Crippen LogP contribution in [0.15, 0.2) is 36.8 Å². The number of carbonyl (C=O) groups is 1. The first-order valence-corrected chi connectivity index (χ1v) is 5.67. The van der Waals surface area contributed by atoms with Crippen LogP contribution in [0.1, 0.15) is 15.9 Å². The summed E-state index contributed by atoms with van der Waals surface area (Å²) in [5.41, 5.74) is 0.317. The number of methoxy groups -OCH3 is 1. The normalized spacial score (nSPS) is 11.4. The van der Waals surface area contributed by atoms with Crippen molar-refractivity contribution < 1.29 is 22.7 Å². The molecule has 2 rings (SSSR count). The summed E-state index contributed by atoms with van der Waals surface area (Å²) in [5, 5.41) is 0. The van der Waals surface area contributed by atoms with Crippen LogP contribution in [0.3, 0.4) is 0 Å². The molecule has 0 atom stereocenters. The highest BCUT2D eigenvalue weighted by Gasteiger charge is 2.39. The van der Waals surface area contributed by atoms with Crippen LogP contribution in [0, 0.1) is 0 Å². The topological polar surface area (TPSA) is 44.1 Å². The van der Waals surface area contributed by atoms with E-state index in [1.807, 2.05) is 0 Å². The number of nitrogens with zero attached hydrogens (tertiary/aromatic N) is 2. The summed E-state index contributed by atoms with van der Waals surface area (Å²) in [6.45, 7) is 0.266. The minimum absolute atomic E-state index is 0.266. The second-order valence-corrected chi connectivity index (χ2v) is 4.07. The number of hydrogen-bond acceptors (Lipinski definition) is 3. The lowest BCUT2D eigenvalue weighted by Gasteiger charge is -2.07. The summed E-state index contributed by atoms with van der Waals surface area (Å²) in [4.78, 5) is 15.1. The Morgan fingerprint density at radius 2 is 2.15 bits per heavy atom. The number of halogens is 3. The number of ether oxygens (including phenoxy) is 1. The van der Waals surface area contributed by atoms with E-state index in [9.17, 15) is 18.0 Å². The standard InChI is InChI=1S/C13H11F3N2O2/c1-20-12-10(3-2-5-17-12)8-18-6-4-9(7-18)11(19)13(14,15)16/h2-7H,8H2,1H3. The number of ketones is 1. The number of aromatic nitrogens is 2. The van der Waals surface area contributed by atoms with E-state index in [0.29, 0.717) is 11.4 Å². The minimum Gasteiger partial charge on any atom is -0.481 e. The van der Waals surface area contributed by atoms with E-state index >= 15 is 0 Å². The SMILES string of the molecule is COc1ncccc1Cn1ccc(C(=O)C(F)(F)F)c1. The number of carbonyl (C=O) groups excluding carboxylic acids is 1. The zero-order valence-electron chi connectivity index (χ0n) is 10.5. The van der Waals surface area contributed by atoms with Gasteiger partial charge in [-0.25, -0.2) is 4.98 Å². The van der Waals surface area contributed by atoms with Gasteiger partial charge in [0, 0.05) is 29.7 Å². The van der Waals surface area contributed by atoms with Crippen molar-refractivity contribution in [2.75, 3.05) is 7.11 Å².